The molecule has 1 aromatic rings. The van der Waals surface area contributed by atoms with Gasteiger partial charge in [-0.25, -0.2) is 4.39 Å². The van der Waals surface area contributed by atoms with E-state index < -0.39 is 5.82 Å². The summed E-state index contributed by atoms with van der Waals surface area (Å²) in [7, 11) is 1.95. The maximum absolute atomic E-state index is 13.0. The van der Waals surface area contributed by atoms with Crippen LogP contribution in [0.2, 0.25) is 5.02 Å². The van der Waals surface area contributed by atoms with Crippen LogP contribution in [0, 0.1) is 17.1 Å². The lowest BCUT2D eigenvalue weighted by Gasteiger charge is -2.30. The third-order valence-electron chi connectivity index (χ3n) is 2.48. The molecule has 1 heterocycles. The molecule has 0 aliphatic rings. The second-order valence-electron chi connectivity index (χ2n) is 4.93. The molecule has 0 aliphatic heterocycles. The van der Waals surface area contributed by atoms with Crippen molar-refractivity contribution in [3.63, 3.8) is 0 Å². The van der Waals surface area contributed by atoms with Gasteiger partial charge in [-0.3, -0.25) is 14.9 Å². The van der Waals surface area contributed by atoms with Gasteiger partial charge in [-0.1, -0.05) is 25.4 Å². The van der Waals surface area contributed by atoms with Gasteiger partial charge in [0.1, 0.15) is 6.54 Å². The minimum absolute atomic E-state index is 0.0797. The largest absolute Gasteiger partial charge is 0.279 e. The number of aromatic nitrogens is 1. The molecule has 0 saturated heterocycles. The number of quaternary nitrogens is 1. The minimum atomic E-state index is -0.511. The summed E-state index contributed by atoms with van der Waals surface area (Å²) >= 11 is 5.71. The molecule has 0 aliphatic carbocycles. The summed E-state index contributed by atoms with van der Waals surface area (Å²) < 4.78 is 13.4. The van der Waals surface area contributed by atoms with E-state index in [-0.39, 0.29) is 5.02 Å². The fraction of sp³-hybridized carbons (Fsp3) is 0.500. The van der Waals surface area contributed by atoms with Crippen molar-refractivity contribution in [2.75, 3.05) is 13.6 Å². The Hall–Kier alpha value is -1.00. The van der Waals surface area contributed by atoms with Crippen LogP contribution in [0.1, 0.15) is 19.5 Å². The fourth-order valence-corrected chi connectivity index (χ4v) is 2.08. The van der Waals surface area contributed by atoms with Crippen LogP contribution in [0.25, 0.3) is 0 Å². The standard InChI is InChI=1S/C12H18ClFN3/c1-9(2)6-17(3,8-15)7-10-4-11(13)12(14)5-16-10/h4-5,8-9,15H,6-7H2,1-3H3/q+1. The number of hydrogen-bond acceptors (Lipinski definition) is 2. The monoisotopic (exact) mass is 258 g/mol. The molecule has 0 amide bonds. The average molecular weight is 259 g/mol. The number of halogens is 2. The molecule has 94 valence electrons. The third-order valence-corrected chi connectivity index (χ3v) is 2.77. The number of rotatable bonds is 5. The first-order valence-electron chi connectivity index (χ1n) is 5.52. The van der Waals surface area contributed by atoms with E-state index in [1.54, 1.807) is 0 Å². The zero-order valence-corrected chi connectivity index (χ0v) is 11.1. The Morgan fingerprint density at radius 2 is 2.24 bits per heavy atom. The van der Waals surface area contributed by atoms with Crippen molar-refractivity contribution in [3.05, 3.63) is 28.8 Å². The van der Waals surface area contributed by atoms with Gasteiger partial charge in [0.15, 0.2) is 12.2 Å². The van der Waals surface area contributed by atoms with E-state index in [0.29, 0.717) is 22.6 Å². The summed E-state index contributed by atoms with van der Waals surface area (Å²) in [4.78, 5) is 4.00. The lowest BCUT2D eigenvalue weighted by atomic mass is 10.2. The van der Waals surface area contributed by atoms with Crippen molar-refractivity contribution in [2.45, 2.75) is 20.4 Å². The molecule has 0 aromatic carbocycles. The van der Waals surface area contributed by atoms with Gasteiger partial charge in [0.05, 0.1) is 30.5 Å². The lowest BCUT2D eigenvalue weighted by Crippen LogP contribution is -2.44. The van der Waals surface area contributed by atoms with E-state index in [4.69, 9.17) is 17.0 Å². The van der Waals surface area contributed by atoms with Crippen molar-refractivity contribution in [3.8, 4) is 0 Å². The van der Waals surface area contributed by atoms with Crippen LogP contribution in [0.5, 0.6) is 0 Å². The summed E-state index contributed by atoms with van der Waals surface area (Å²) in [5.41, 5.74) is 0.697. The molecule has 1 rings (SSSR count). The molecular formula is C12H18ClFN3+. The van der Waals surface area contributed by atoms with Gasteiger partial charge in [-0.05, 0) is 6.07 Å². The summed E-state index contributed by atoms with van der Waals surface area (Å²) in [6.07, 6.45) is 2.51. The summed E-state index contributed by atoms with van der Waals surface area (Å²) in [6.45, 7) is 5.58. The van der Waals surface area contributed by atoms with Crippen molar-refractivity contribution >= 4 is 17.9 Å². The SMILES string of the molecule is CC(C)C[N+](C)(C=N)Cc1cc(Cl)c(F)cn1. The topological polar surface area (TPSA) is 36.7 Å². The van der Waals surface area contributed by atoms with E-state index in [0.717, 1.165) is 12.7 Å². The van der Waals surface area contributed by atoms with Gasteiger partial charge in [-0.2, -0.15) is 0 Å². The van der Waals surface area contributed by atoms with Crippen LogP contribution in [0.4, 0.5) is 4.39 Å². The Bertz CT molecular complexity index is 409. The molecular weight excluding hydrogens is 241 g/mol. The molecule has 1 atom stereocenters. The van der Waals surface area contributed by atoms with Crippen LogP contribution >= 0.6 is 11.6 Å². The van der Waals surface area contributed by atoms with E-state index >= 15 is 0 Å². The van der Waals surface area contributed by atoms with Crippen LogP contribution in [0.15, 0.2) is 12.3 Å². The predicted molar refractivity (Wildman–Crippen MR) is 67.6 cm³/mol. The first-order valence-corrected chi connectivity index (χ1v) is 5.90. The molecule has 5 heteroatoms. The maximum Gasteiger partial charge on any atom is 0.182 e. The molecule has 0 radical (unpaired) electrons. The highest BCUT2D eigenvalue weighted by Gasteiger charge is 2.22. The first kappa shape index (κ1) is 14.1. The molecule has 0 saturated carbocycles. The van der Waals surface area contributed by atoms with Crippen molar-refractivity contribution in [1.29, 1.82) is 5.41 Å². The normalized spacial score (nSPS) is 14.7. The third kappa shape index (κ3) is 4.06. The lowest BCUT2D eigenvalue weighted by molar-refractivity contribution is -0.832. The van der Waals surface area contributed by atoms with Crippen LogP contribution in [-0.2, 0) is 6.54 Å². The second kappa shape index (κ2) is 5.56. The van der Waals surface area contributed by atoms with Gasteiger partial charge in [-0.15, -0.1) is 0 Å². The molecule has 1 unspecified atom stereocenters. The van der Waals surface area contributed by atoms with Gasteiger partial charge in [0, 0.05) is 5.92 Å². The van der Waals surface area contributed by atoms with Gasteiger partial charge >= 0.3 is 0 Å². The minimum Gasteiger partial charge on any atom is -0.279 e. The molecule has 1 N–H and O–H groups in total. The predicted octanol–water partition coefficient (Wildman–Crippen LogP) is 3.08. The van der Waals surface area contributed by atoms with Crippen LogP contribution in [-0.4, -0.2) is 29.4 Å². The van der Waals surface area contributed by atoms with E-state index in [9.17, 15) is 4.39 Å². The van der Waals surface area contributed by atoms with Crippen LogP contribution in [0.3, 0.4) is 0 Å². The molecule has 17 heavy (non-hydrogen) atoms. The summed E-state index contributed by atoms with van der Waals surface area (Å²) in [5.74, 6) is -0.0409. The summed E-state index contributed by atoms with van der Waals surface area (Å²) in [5, 5.41) is 7.59. The number of nitrogens with one attached hydrogen (secondary N) is 1. The Labute approximate surface area is 106 Å². The van der Waals surface area contributed by atoms with Crippen molar-refractivity contribution in [2.24, 2.45) is 5.92 Å². The number of hydrogen-bond donors (Lipinski definition) is 1. The molecule has 0 fully saturated rings. The summed E-state index contributed by atoms with van der Waals surface area (Å²) in [6, 6.07) is 1.53. The quantitative estimate of drug-likeness (QED) is 0.492. The zero-order valence-electron chi connectivity index (χ0n) is 10.4. The van der Waals surface area contributed by atoms with Gasteiger partial charge in [0.2, 0.25) is 0 Å². The van der Waals surface area contributed by atoms with Crippen molar-refractivity contribution in [1.82, 2.24) is 4.98 Å². The van der Waals surface area contributed by atoms with Crippen molar-refractivity contribution < 1.29 is 8.87 Å². The highest BCUT2D eigenvalue weighted by Crippen LogP contribution is 2.17. The molecule has 0 bridgehead atoms. The number of nitrogens with zero attached hydrogens (tertiary/aromatic N) is 2. The van der Waals surface area contributed by atoms with E-state index in [1.165, 1.54) is 12.4 Å². The highest BCUT2D eigenvalue weighted by molar-refractivity contribution is 6.30. The second-order valence-corrected chi connectivity index (χ2v) is 5.34. The fourth-order valence-electron chi connectivity index (χ4n) is 1.91. The number of pyridine rings is 1. The van der Waals surface area contributed by atoms with Crippen LogP contribution < -0.4 is 0 Å². The zero-order chi connectivity index (χ0) is 13.1. The Kier molecular flexibility index (Phi) is 4.60. The molecule has 3 nitrogen and oxygen atoms in total. The average Bonchev–Trinajstić information content (AvgIpc) is 2.22. The van der Waals surface area contributed by atoms with E-state index in [2.05, 4.69) is 18.8 Å². The Morgan fingerprint density at radius 3 is 2.71 bits per heavy atom. The van der Waals surface area contributed by atoms with Gasteiger partial charge in [0.25, 0.3) is 0 Å². The first-order chi connectivity index (χ1) is 7.86. The maximum atomic E-state index is 13.0. The Balaban J connectivity index is 2.87. The molecule has 1 aromatic heterocycles. The smallest absolute Gasteiger partial charge is 0.182 e. The van der Waals surface area contributed by atoms with E-state index in [1.807, 2.05) is 7.05 Å². The molecule has 0 spiro atoms. The van der Waals surface area contributed by atoms with Gasteiger partial charge < -0.3 is 0 Å². The Morgan fingerprint density at radius 1 is 1.59 bits per heavy atom. The highest BCUT2D eigenvalue weighted by atomic mass is 35.5.